The highest BCUT2D eigenvalue weighted by Gasteiger charge is 2.22. The van der Waals surface area contributed by atoms with E-state index < -0.39 is 28.8 Å². The van der Waals surface area contributed by atoms with Gasteiger partial charge in [0.1, 0.15) is 22.8 Å². The van der Waals surface area contributed by atoms with Gasteiger partial charge in [0, 0.05) is 18.2 Å². The van der Waals surface area contributed by atoms with Gasteiger partial charge in [0.2, 0.25) is 0 Å². The van der Waals surface area contributed by atoms with Crippen molar-refractivity contribution in [2.75, 3.05) is 6.61 Å². The van der Waals surface area contributed by atoms with Gasteiger partial charge in [-0.05, 0) is 60.9 Å². The van der Waals surface area contributed by atoms with E-state index in [1.54, 1.807) is 26.0 Å². The lowest BCUT2D eigenvalue weighted by atomic mass is 9.93. The summed E-state index contributed by atoms with van der Waals surface area (Å²) in [6.45, 7) is 10.4. The minimum Gasteiger partial charge on any atom is -0.507 e. The van der Waals surface area contributed by atoms with Crippen LogP contribution < -0.4 is 15.7 Å². The zero-order chi connectivity index (χ0) is 26.9. The van der Waals surface area contributed by atoms with Gasteiger partial charge in [-0.15, -0.1) is 0 Å². The van der Waals surface area contributed by atoms with Crippen LogP contribution in [0.1, 0.15) is 81.5 Å². The van der Waals surface area contributed by atoms with Crippen LogP contribution in [-0.4, -0.2) is 28.7 Å². The van der Waals surface area contributed by atoms with Gasteiger partial charge in [0.25, 0.3) is 0 Å². The number of hydrogen-bond acceptors (Lipinski definition) is 6. The lowest BCUT2D eigenvalue weighted by Gasteiger charge is -2.18. The molecule has 0 aliphatic heterocycles. The fourth-order valence-corrected chi connectivity index (χ4v) is 3.30. The van der Waals surface area contributed by atoms with Gasteiger partial charge in [-0.3, -0.25) is 10.1 Å². The number of Topliss-reactive ketones (excluding diaryl/α,β-unsaturated/α-hetero) is 1. The van der Waals surface area contributed by atoms with Gasteiger partial charge >= 0.3 is 11.7 Å². The second-order valence-electron chi connectivity index (χ2n) is 9.91. The van der Waals surface area contributed by atoms with Crippen molar-refractivity contribution in [2.24, 2.45) is 5.41 Å². The summed E-state index contributed by atoms with van der Waals surface area (Å²) in [6, 6.07) is 8.56. The standard InChI is InChI=1S/C28H35NO7/c1-18(8-6-7-14-29-27(33)34)23-17-22(30)24(26(32)36-23)25(31)19(2)16-20-9-11-21(12-10-20)35-15-13-28(3,4)5/h7,9-12,14,16-18,29-30H,6,8,13,15H2,1-5H3,(H,33,34)/b14-7+,19-16+. The Bertz CT molecular complexity index is 1170. The fourth-order valence-electron chi connectivity index (χ4n) is 3.30. The quantitative estimate of drug-likeness (QED) is 0.252. The molecule has 1 unspecified atom stereocenters. The predicted octanol–water partition coefficient (Wildman–Crippen LogP) is 6.11. The number of hydrogen-bond donors (Lipinski definition) is 3. The van der Waals surface area contributed by atoms with Gasteiger partial charge in [-0.25, -0.2) is 9.59 Å². The van der Waals surface area contributed by atoms with Gasteiger partial charge < -0.3 is 19.4 Å². The van der Waals surface area contributed by atoms with Crippen LogP contribution in [0.3, 0.4) is 0 Å². The van der Waals surface area contributed by atoms with Crippen molar-refractivity contribution in [1.29, 1.82) is 0 Å². The Hall–Kier alpha value is -3.81. The highest BCUT2D eigenvalue weighted by atomic mass is 16.5. The molecular formula is C28H35NO7. The first kappa shape index (κ1) is 28.4. The van der Waals surface area contributed by atoms with E-state index >= 15 is 0 Å². The molecule has 3 N–H and O–H groups in total. The molecular weight excluding hydrogens is 462 g/mol. The molecule has 0 aliphatic carbocycles. The monoisotopic (exact) mass is 497 g/mol. The molecule has 0 saturated carbocycles. The van der Waals surface area contributed by atoms with Crippen LogP contribution in [0.4, 0.5) is 4.79 Å². The number of ketones is 1. The Labute approximate surface area is 211 Å². The maximum Gasteiger partial charge on any atom is 0.408 e. The van der Waals surface area contributed by atoms with Gasteiger partial charge in [0.05, 0.1) is 6.61 Å². The molecule has 1 heterocycles. The molecule has 36 heavy (non-hydrogen) atoms. The third kappa shape index (κ3) is 9.09. The second kappa shape index (κ2) is 12.8. The molecule has 1 aromatic carbocycles. The lowest BCUT2D eigenvalue weighted by Crippen LogP contribution is -2.16. The van der Waals surface area contributed by atoms with Crippen molar-refractivity contribution in [3.05, 3.63) is 75.5 Å². The number of rotatable bonds is 11. The molecule has 0 bridgehead atoms. The maximum atomic E-state index is 12.9. The van der Waals surface area contributed by atoms with E-state index in [1.165, 1.54) is 12.3 Å². The third-order valence-corrected chi connectivity index (χ3v) is 5.50. The minimum absolute atomic E-state index is 0.188. The first-order chi connectivity index (χ1) is 16.9. The summed E-state index contributed by atoms with van der Waals surface area (Å²) < 4.78 is 11.1. The van der Waals surface area contributed by atoms with E-state index in [4.69, 9.17) is 14.3 Å². The number of carbonyl (C=O) groups excluding carboxylic acids is 1. The summed E-state index contributed by atoms with van der Waals surface area (Å²) in [4.78, 5) is 35.9. The molecule has 2 aromatic rings. The zero-order valence-electron chi connectivity index (χ0n) is 21.5. The predicted molar refractivity (Wildman–Crippen MR) is 139 cm³/mol. The van der Waals surface area contributed by atoms with E-state index in [9.17, 15) is 19.5 Å². The molecule has 1 atom stereocenters. The number of carbonyl (C=O) groups is 2. The SMILES string of the molecule is C/C(=C\c1ccc(OCCC(C)(C)C)cc1)C(=O)c1c(O)cc(C(C)CC/C=C/NC(=O)O)oc1=O. The van der Waals surface area contributed by atoms with E-state index in [2.05, 4.69) is 26.1 Å². The molecule has 0 aliphatic rings. The van der Waals surface area contributed by atoms with Crippen LogP contribution in [0.25, 0.3) is 6.08 Å². The van der Waals surface area contributed by atoms with Gasteiger partial charge in [0.15, 0.2) is 5.78 Å². The first-order valence-corrected chi connectivity index (χ1v) is 11.8. The molecule has 1 amide bonds. The molecule has 0 radical (unpaired) electrons. The van der Waals surface area contributed by atoms with Crippen molar-refractivity contribution in [3.63, 3.8) is 0 Å². The highest BCUT2D eigenvalue weighted by Crippen LogP contribution is 2.26. The molecule has 0 fully saturated rings. The summed E-state index contributed by atoms with van der Waals surface area (Å²) in [5.74, 6) is -0.303. The number of carboxylic acid groups (broad SMARTS) is 1. The fraction of sp³-hybridized carbons (Fsp3) is 0.393. The average molecular weight is 498 g/mol. The Morgan fingerprint density at radius 1 is 1.19 bits per heavy atom. The Kier molecular flexibility index (Phi) is 10.1. The Morgan fingerprint density at radius 3 is 2.44 bits per heavy atom. The normalized spacial score (nSPS) is 13.0. The topological polar surface area (TPSA) is 126 Å². The molecule has 0 saturated heterocycles. The molecule has 1 aromatic heterocycles. The number of ether oxygens (including phenoxy) is 1. The summed E-state index contributed by atoms with van der Waals surface area (Å²) in [6.07, 6.45) is 5.42. The third-order valence-electron chi connectivity index (χ3n) is 5.50. The van der Waals surface area contributed by atoms with Crippen LogP contribution in [0.5, 0.6) is 11.5 Å². The zero-order valence-corrected chi connectivity index (χ0v) is 21.5. The number of allylic oxidation sites excluding steroid dienone is 2. The number of nitrogens with one attached hydrogen (secondary N) is 1. The van der Waals surface area contributed by atoms with E-state index in [-0.39, 0.29) is 22.7 Å². The molecule has 8 heteroatoms. The Balaban J connectivity index is 2.07. The molecule has 0 spiro atoms. The van der Waals surface area contributed by atoms with Crippen LogP contribution in [0.2, 0.25) is 0 Å². The van der Waals surface area contributed by atoms with Crippen LogP contribution in [-0.2, 0) is 0 Å². The van der Waals surface area contributed by atoms with Crippen molar-refractivity contribution in [2.45, 2.75) is 59.8 Å². The largest absolute Gasteiger partial charge is 0.507 e. The summed E-state index contributed by atoms with van der Waals surface area (Å²) in [7, 11) is 0. The summed E-state index contributed by atoms with van der Waals surface area (Å²) >= 11 is 0. The number of amides is 1. The van der Waals surface area contributed by atoms with E-state index in [1.807, 2.05) is 24.3 Å². The highest BCUT2D eigenvalue weighted by molar-refractivity contribution is 6.12. The van der Waals surface area contributed by atoms with E-state index in [0.29, 0.717) is 19.4 Å². The molecule has 2 rings (SSSR count). The van der Waals surface area contributed by atoms with Crippen LogP contribution in [0, 0.1) is 5.41 Å². The smallest absolute Gasteiger partial charge is 0.408 e. The second-order valence-corrected chi connectivity index (χ2v) is 9.91. The van der Waals surface area contributed by atoms with Crippen molar-refractivity contribution in [1.82, 2.24) is 5.32 Å². The summed E-state index contributed by atoms with van der Waals surface area (Å²) in [5.41, 5.74) is -0.0975. The molecule has 8 nitrogen and oxygen atoms in total. The van der Waals surface area contributed by atoms with Crippen LogP contribution in [0.15, 0.2) is 57.4 Å². The van der Waals surface area contributed by atoms with E-state index in [0.717, 1.165) is 17.7 Å². The number of aromatic hydroxyl groups is 1. The Morgan fingerprint density at radius 2 is 1.86 bits per heavy atom. The minimum atomic E-state index is -1.16. The number of benzene rings is 1. The van der Waals surface area contributed by atoms with Crippen LogP contribution >= 0.6 is 0 Å². The summed E-state index contributed by atoms with van der Waals surface area (Å²) in [5, 5.41) is 21.1. The van der Waals surface area contributed by atoms with Crippen molar-refractivity contribution >= 4 is 18.0 Å². The molecule has 194 valence electrons. The van der Waals surface area contributed by atoms with Gasteiger partial charge in [-0.1, -0.05) is 45.9 Å². The first-order valence-electron chi connectivity index (χ1n) is 11.8. The van der Waals surface area contributed by atoms with Crippen molar-refractivity contribution < 1.29 is 29.0 Å². The lowest BCUT2D eigenvalue weighted by molar-refractivity contribution is 0.102. The average Bonchev–Trinajstić information content (AvgIpc) is 2.78. The van der Waals surface area contributed by atoms with Gasteiger partial charge in [-0.2, -0.15) is 0 Å². The maximum absolute atomic E-state index is 12.9. The van der Waals surface area contributed by atoms with Crippen molar-refractivity contribution in [3.8, 4) is 11.5 Å².